The van der Waals surface area contributed by atoms with E-state index in [0.717, 1.165) is 41.3 Å². The maximum absolute atomic E-state index is 6.25. The minimum Gasteiger partial charge on any atom is -0.466 e. The zero-order chi connectivity index (χ0) is 22.9. The van der Waals surface area contributed by atoms with Crippen molar-refractivity contribution in [2.45, 2.75) is 64.9 Å². The number of rotatable bonds is 3. The van der Waals surface area contributed by atoms with Gasteiger partial charge in [0.1, 0.15) is 12.4 Å². The summed E-state index contributed by atoms with van der Waals surface area (Å²) >= 11 is 1.61. The smallest absolute Gasteiger partial charge is 0.273 e. The average molecular weight is 472 g/mol. The molecule has 0 N–H and O–H groups in total. The van der Waals surface area contributed by atoms with Crippen LogP contribution in [-0.4, -0.2) is 20.6 Å². The first-order chi connectivity index (χ1) is 16.6. The topological polar surface area (TPSA) is 39.9 Å². The standard InChI is InChI=1S/C29H33N3OS/c1-28-13-11-20(33-27-30-15-16-34-27)17-19(28)7-8-21-22-9-10-26(29(22,2)14-12-23(21)28)32-18-31-24-5-3-4-6-25(24)32/h3-7,10,15-16,18,20-23H,8-9,11-14,17H2,1-2H3/t20-,21-,22-,23-,28-,29-/m0/s1. The molecule has 2 fully saturated rings. The van der Waals surface area contributed by atoms with Crippen molar-refractivity contribution in [1.29, 1.82) is 0 Å². The highest BCUT2D eigenvalue weighted by Gasteiger charge is 2.57. The van der Waals surface area contributed by atoms with Gasteiger partial charge >= 0.3 is 0 Å². The van der Waals surface area contributed by atoms with Crippen molar-refractivity contribution in [3.63, 3.8) is 0 Å². The van der Waals surface area contributed by atoms with Crippen molar-refractivity contribution in [3.05, 3.63) is 59.9 Å². The molecular weight excluding hydrogens is 438 g/mol. The summed E-state index contributed by atoms with van der Waals surface area (Å²) < 4.78 is 8.64. The molecule has 0 radical (unpaired) electrons. The van der Waals surface area contributed by atoms with Gasteiger partial charge in [-0.1, -0.05) is 55.0 Å². The van der Waals surface area contributed by atoms with Crippen LogP contribution in [0.1, 0.15) is 58.8 Å². The largest absolute Gasteiger partial charge is 0.466 e. The Morgan fingerprint density at radius 1 is 1.00 bits per heavy atom. The maximum atomic E-state index is 6.25. The number of allylic oxidation sites excluding steroid dienone is 3. The van der Waals surface area contributed by atoms with E-state index in [2.05, 4.69) is 66.1 Å². The number of aromatic nitrogens is 3. The molecule has 0 spiro atoms. The summed E-state index contributed by atoms with van der Waals surface area (Å²) in [6, 6.07) is 8.56. The molecule has 1 aromatic carbocycles. The van der Waals surface area contributed by atoms with Crippen LogP contribution in [0, 0.1) is 28.6 Å². The van der Waals surface area contributed by atoms with E-state index < -0.39 is 0 Å². The molecule has 3 aromatic rings. The lowest BCUT2D eigenvalue weighted by Gasteiger charge is -2.57. The normalized spacial score (nSPS) is 36.9. The van der Waals surface area contributed by atoms with Crippen LogP contribution in [0.2, 0.25) is 0 Å². The molecule has 0 bridgehead atoms. The van der Waals surface area contributed by atoms with Gasteiger partial charge in [-0.3, -0.25) is 0 Å². The molecule has 2 saturated carbocycles. The Bertz CT molecular complexity index is 1290. The number of hydrogen-bond donors (Lipinski definition) is 0. The van der Waals surface area contributed by atoms with Gasteiger partial charge in [-0.15, -0.1) is 0 Å². The van der Waals surface area contributed by atoms with E-state index >= 15 is 0 Å². The third-order valence-electron chi connectivity index (χ3n) is 9.99. The minimum atomic E-state index is 0.234. The number of para-hydroxylation sites is 2. The Balaban J connectivity index is 1.16. The zero-order valence-electron chi connectivity index (χ0n) is 20.1. The fraction of sp³-hybridized carbons (Fsp3) is 0.517. The van der Waals surface area contributed by atoms with Crippen LogP contribution in [-0.2, 0) is 0 Å². The van der Waals surface area contributed by atoms with Crippen molar-refractivity contribution >= 4 is 28.1 Å². The molecular formula is C29H33N3OS. The summed E-state index contributed by atoms with van der Waals surface area (Å²) in [6.45, 7) is 5.12. The molecule has 5 heteroatoms. The van der Waals surface area contributed by atoms with Crippen LogP contribution >= 0.6 is 11.3 Å². The van der Waals surface area contributed by atoms with E-state index in [1.807, 2.05) is 11.6 Å². The average Bonchev–Trinajstić information content (AvgIpc) is 3.57. The van der Waals surface area contributed by atoms with Crippen LogP contribution in [0.15, 0.2) is 59.9 Å². The van der Waals surface area contributed by atoms with Crippen LogP contribution in [0.25, 0.3) is 16.7 Å². The molecule has 7 rings (SSSR count). The molecule has 0 aliphatic heterocycles. The van der Waals surface area contributed by atoms with Crippen molar-refractivity contribution < 1.29 is 4.74 Å². The van der Waals surface area contributed by atoms with Gasteiger partial charge in [-0.25, -0.2) is 9.97 Å². The van der Waals surface area contributed by atoms with Crippen LogP contribution in [0.5, 0.6) is 5.19 Å². The second-order valence-corrected chi connectivity index (χ2v) is 12.3. The lowest BCUT2D eigenvalue weighted by Crippen LogP contribution is -2.50. The van der Waals surface area contributed by atoms with Gasteiger partial charge in [-0.2, -0.15) is 0 Å². The van der Waals surface area contributed by atoms with E-state index in [9.17, 15) is 0 Å². The quantitative estimate of drug-likeness (QED) is 0.375. The fourth-order valence-corrected chi connectivity index (χ4v) is 8.76. The summed E-state index contributed by atoms with van der Waals surface area (Å²) in [7, 11) is 0. The summed E-state index contributed by atoms with van der Waals surface area (Å²) in [5, 5.41) is 2.83. The number of fused-ring (bicyclic) bond motifs is 6. The second-order valence-electron chi connectivity index (χ2n) is 11.4. The van der Waals surface area contributed by atoms with Gasteiger partial charge < -0.3 is 9.30 Å². The monoisotopic (exact) mass is 471 g/mol. The number of ether oxygens (including phenoxy) is 1. The Morgan fingerprint density at radius 2 is 1.88 bits per heavy atom. The Labute approximate surface area is 205 Å². The molecule has 4 nitrogen and oxygen atoms in total. The van der Waals surface area contributed by atoms with E-state index in [4.69, 9.17) is 9.72 Å². The van der Waals surface area contributed by atoms with Gasteiger partial charge in [0.2, 0.25) is 0 Å². The number of thiazole rings is 1. The van der Waals surface area contributed by atoms with Crippen LogP contribution in [0.3, 0.4) is 0 Å². The lowest BCUT2D eigenvalue weighted by atomic mass is 9.48. The molecule has 4 aliphatic carbocycles. The molecule has 2 heterocycles. The number of imidazole rings is 1. The zero-order valence-corrected chi connectivity index (χ0v) is 20.9. The molecule has 6 atom stereocenters. The van der Waals surface area contributed by atoms with Gasteiger partial charge in [0.05, 0.1) is 11.0 Å². The molecule has 4 aliphatic rings. The van der Waals surface area contributed by atoms with E-state index in [-0.39, 0.29) is 11.5 Å². The Morgan fingerprint density at radius 3 is 2.76 bits per heavy atom. The van der Waals surface area contributed by atoms with Crippen LogP contribution in [0.4, 0.5) is 0 Å². The minimum absolute atomic E-state index is 0.234. The summed E-state index contributed by atoms with van der Waals surface area (Å²) in [4.78, 5) is 9.06. The first-order valence-electron chi connectivity index (χ1n) is 12.9. The highest BCUT2D eigenvalue weighted by molar-refractivity contribution is 7.11. The molecule has 0 saturated heterocycles. The summed E-state index contributed by atoms with van der Waals surface area (Å²) in [5.41, 5.74) is 6.06. The van der Waals surface area contributed by atoms with E-state index in [0.29, 0.717) is 5.41 Å². The number of benzene rings is 1. The van der Waals surface area contributed by atoms with Crippen molar-refractivity contribution in [2.24, 2.45) is 28.6 Å². The molecule has 2 aromatic heterocycles. The number of nitrogens with zero attached hydrogens (tertiary/aromatic N) is 3. The van der Waals surface area contributed by atoms with Crippen molar-refractivity contribution in [3.8, 4) is 5.19 Å². The van der Waals surface area contributed by atoms with Gasteiger partial charge in [0.15, 0.2) is 0 Å². The molecule has 0 unspecified atom stereocenters. The van der Waals surface area contributed by atoms with Gasteiger partial charge in [-0.05, 0) is 73.8 Å². The predicted molar refractivity (Wildman–Crippen MR) is 138 cm³/mol. The SMILES string of the molecule is C[C@]12CC[C@H](Oc3nccs3)CC1=CC[C@@H]1[C@@H]2CC[C@]2(C)C(n3cnc4ccccc43)=CC[C@@H]12. The van der Waals surface area contributed by atoms with Gasteiger partial charge in [0, 0.05) is 29.1 Å². The third kappa shape index (κ3) is 2.95. The number of hydrogen-bond acceptors (Lipinski definition) is 4. The van der Waals surface area contributed by atoms with E-state index in [1.54, 1.807) is 16.9 Å². The third-order valence-corrected chi connectivity index (χ3v) is 10.6. The van der Waals surface area contributed by atoms with Crippen molar-refractivity contribution in [1.82, 2.24) is 14.5 Å². The lowest BCUT2D eigenvalue weighted by molar-refractivity contribution is -0.0222. The fourth-order valence-electron chi connectivity index (χ4n) is 8.21. The van der Waals surface area contributed by atoms with Crippen LogP contribution < -0.4 is 4.74 Å². The Hall–Kier alpha value is -2.40. The highest BCUT2D eigenvalue weighted by atomic mass is 32.1. The maximum Gasteiger partial charge on any atom is 0.273 e. The summed E-state index contributed by atoms with van der Waals surface area (Å²) in [5.74, 6) is 2.28. The first-order valence-corrected chi connectivity index (χ1v) is 13.8. The molecule has 176 valence electrons. The first kappa shape index (κ1) is 20.9. The summed E-state index contributed by atoms with van der Waals surface area (Å²) in [6.07, 6.45) is 17.8. The van der Waals surface area contributed by atoms with E-state index in [1.165, 1.54) is 43.3 Å². The Kier molecular flexibility index (Phi) is 4.65. The second kappa shape index (κ2) is 7.55. The predicted octanol–water partition coefficient (Wildman–Crippen LogP) is 7.35. The molecule has 34 heavy (non-hydrogen) atoms. The highest BCUT2D eigenvalue weighted by Crippen LogP contribution is 2.65. The van der Waals surface area contributed by atoms with Gasteiger partial charge in [0.25, 0.3) is 5.19 Å². The molecule has 0 amide bonds. The van der Waals surface area contributed by atoms with Crippen molar-refractivity contribution in [2.75, 3.05) is 0 Å².